The molecule has 2 aromatic carbocycles. The molecule has 2 fully saturated rings. The summed E-state index contributed by atoms with van der Waals surface area (Å²) in [6, 6.07) is 14.8. The number of benzene rings is 2. The number of nitrogens with zero attached hydrogens (tertiary/aromatic N) is 2. The van der Waals surface area contributed by atoms with Crippen molar-refractivity contribution in [2.75, 3.05) is 54.4 Å². The predicted octanol–water partition coefficient (Wildman–Crippen LogP) is 1.76. The fraction of sp³-hybridized carbons (Fsp3) is 0.471. The molecule has 14 nitrogen and oxygen atoms in total. The standard InChI is InChI=1S/C18H14O8.2C8H16N2O/c19-15(20)13(25-17(23)11-7-3-1-4-8-11)14(16(21)22)26-18(24)12-9-5-2-6-10-12;2*1-10(2)8(11)7-4-3-5-9-6-7/h1-10,13-14H,(H,19,20)(H,21,22);2*7,9H,3-6H2,1-2H3/t13-,14-;7-;/m10./s1. The van der Waals surface area contributed by atoms with Crippen molar-refractivity contribution in [1.29, 1.82) is 0 Å². The average Bonchev–Trinajstić information content (AvgIpc) is 3.10. The van der Waals surface area contributed by atoms with E-state index in [1.54, 1.807) is 21.9 Å². The van der Waals surface area contributed by atoms with Gasteiger partial charge < -0.3 is 40.1 Å². The Morgan fingerprint density at radius 1 is 0.625 bits per heavy atom. The number of carboxylic acid groups (broad SMARTS) is 2. The minimum absolute atomic E-state index is 0.0253. The van der Waals surface area contributed by atoms with E-state index in [2.05, 4.69) is 10.6 Å². The molecular weight excluding hydrogens is 624 g/mol. The first-order chi connectivity index (χ1) is 22.8. The monoisotopic (exact) mass is 670 g/mol. The molecule has 0 bridgehead atoms. The van der Waals surface area contributed by atoms with E-state index in [1.807, 2.05) is 28.2 Å². The summed E-state index contributed by atoms with van der Waals surface area (Å²) in [7, 11) is 7.27. The van der Waals surface area contributed by atoms with E-state index < -0.39 is 36.1 Å². The Morgan fingerprint density at radius 3 is 1.21 bits per heavy atom. The predicted molar refractivity (Wildman–Crippen MR) is 175 cm³/mol. The van der Waals surface area contributed by atoms with Gasteiger partial charge in [0.2, 0.25) is 24.0 Å². The molecule has 4 atom stereocenters. The molecule has 48 heavy (non-hydrogen) atoms. The second-order valence-corrected chi connectivity index (χ2v) is 11.6. The highest BCUT2D eigenvalue weighted by Crippen LogP contribution is 2.14. The topological polar surface area (TPSA) is 192 Å². The zero-order chi connectivity index (χ0) is 35.6. The Kier molecular flexibility index (Phi) is 16.7. The van der Waals surface area contributed by atoms with Crippen LogP contribution >= 0.6 is 0 Å². The van der Waals surface area contributed by atoms with Crippen molar-refractivity contribution in [2.24, 2.45) is 11.8 Å². The van der Waals surface area contributed by atoms with Gasteiger partial charge >= 0.3 is 23.9 Å². The number of carbonyl (C=O) groups excluding carboxylic acids is 4. The van der Waals surface area contributed by atoms with E-state index in [1.165, 1.54) is 48.5 Å². The minimum Gasteiger partial charge on any atom is -0.478 e. The number of rotatable bonds is 9. The van der Waals surface area contributed by atoms with Crippen LogP contribution in [0.25, 0.3) is 0 Å². The highest BCUT2D eigenvalue weighted by molar-refractivity contribution is 5.95. The Hall–Kier alpha value is -4.82. The molecule has 1 unspecified atom stereocenters. The van der Waals surface area contributed by atoms with Crippen LogP contribution in [0.3, 0.4) is 0 Å². The quantitative estimate of drug-likeness (QED) is 0.283. The average molecular weight is 671 g/mol. The van der Waals surface area contributed by atoms with Gasteiger partial charge in [-0.2, -0.15) is 0 Å². The Bertz CT molecular complexity index is 1240. The molecular formula is C34H46N4O10. The van der Waals surface area contributed by atoms with Crippen LogP contribution in [0, 0.1) is 11.8 Å². The molecule has 2 saturated heterocycles. The smallest absolute Gasteiger partial charge is 0.349 e. The third kappa shape index (κ3) is 13.1. The summed E-state index contributed by atoms with van der Waals surface area (Å²) in [5.41, 5.74) is 0.0505. The van der Waals surface area contributed by atoms with Crippen LogP contribution in [0.4, 0.5) is 0 Å². The van der Waals surface area contributed by atoms with Gasteiger partial charge in [-0.25, -0.2) is 19.2 Å². The van der Waals surface area contributed by atoms with Crippen LogP contribution < -0.4 is 10.6 Å². The van der Waals surface area contributed by atoms with Crippen LogP contribution in [0.5, 0.6) is 0 Å². The maximum absolute atomic E-state index is 12.0. The molecule has 2 heterocycles. The molecule has 262 valence electrons. The normalized spacial score (nSPS) is 18.1. The number of carbonyl (C=O) groups is 6. The summed E-state index contributed by atoms with van der Waals surface area (Å²) < 4.78 is 9.52. The van der Waals surface area contributed by atoms with Gasteiger partial charge in [0, 0.05) is 41.3 Å². The van der Waals surface area contributed by atoms with Gasteiger partial charge in [-0.1, -0.05) is 36.4 Å². The van der Waals surface area contributed by atoms with E-state index in [-0.39, 0.29) is 34.8 Å². The lowest BCUT2D eigenvalue weighted by atomic mass is 9.98. The summed E-state index contributed by atoms with van der Waals surface area (Å²) in [5.74, 6) is -4.67. The van der Waals surface area contributed by atoms with E-state index in [0.29, 0.717) is 0 Å². The van der Waals surface area contributed by atoms with Crippen LogP contribution in [-0.2, 0) is 28.7 Å². The summed E-state index contributed by atoms with van der Waals surface area (Å²) >= 11 is 0. The summed E-state index contributed by atoms with van der Waals surface area (Å²) in [5, 5.41) is 24.9. The van der Waals surface area contributed by atoms with E-state index in [9.17, 15) is 39.0 Å². The molecule has 0 aromatic heterocycles. The maximum atomic E-state index is 12.0. The Labute approximate surface area is 280 Å². The van der Waals surface area contributed by atoms with Crippen LogP contribution in [0.15, 0.2) is 60.7 Å². The third-order valence-corrected chi connectivity index (χ3v) is 7.42. The second-order valence-electron chi connectivity index (χ2n) is 11.6. The number of hydrogen-bond donors (Lipinski definition) is 4. The number of ether oxygens (including phenoxy) is 2. The van der Waals surface area contributed by atoms with E-state index >= 15 is 0 Å². The van der Waals surface area contributed by atoms with Crippen LogP contribution in [0.2, 0.25) is 0 Å². The first-order valence-electron chi connectivity index (χ1n) is 15.6. The van der Waals surface area contributed by atoms with Gasteiger partial charge in [0.25, 0.3) is 0 Å². The van der Waals surface area contributed by atoms with Crippen molar-refractivity contribution >= 4 is 35.7 Å². The van der Waals surface area contributed by atoms with E-state index in [0.717, 1.165) is 51.9 Å². The van der Waals surface area contributed by atoms with Gasteiger partial charge in [-0.15, -0.1) is 0 Å². The molecule has 2 aliphatic rings. The van der Waals surface area contributed by atoms with Gasteiger partial charge in [-0.3, -0.25) is 9.59 Å². The van der Waals surface area contributed by atoms with Crippen molar-refractivity contribution in [3.8, 4) is 0 Å². The largest absolute Gasteiger partial charge is 0.478 e. The molecule has 2 aromatic rings. The van der Waals surface area contributed by atoms with Crippen LogP contribution in [0.1, 0.15) is 46.4 Å². The lowest BCUT2D eigenvalue weighted by molar-refractivity contribution is -0.166. The maximum Gasteiger partial charge on any atom is 0.349 e. The number of esters is 2. The number of nitrogens with one attached hydrogen (secondary N) is 2. The number of carboxylic acids is 2. The highest BCUT2D eigenvalue weighted by Gasteiger charge is 2.41. The molecule has 14 heteroatoms. The minimum atomic E-state index is -2.21. The first kappa shape index (κ1) is 39.4. The Morgan fingerprint density at radius 2 is 0.958 bits per heavy atom. The zero-order valence-electron chi connectivity index (χ0n) is 27.8. The van der Waals surface area contributed by atoms with Crippen molar-refractivity contribution in [3.63, 3.8) is 0 Å². The van der Waals surface area contributed by atoms with Crippen molar-refractivity contribution in [2.45, 2.75) is 37.9 Å². The Balaban J connectivity index is 0.000000298. The number of amides is 2. The molecule has 0 spiro atoms. The molecule has 0 aliphatic carbocycles. The molecule has 0 saturated carbocycles. The lowest BCUT2D eigenvalue weighted by Crippen LogP contribution is -2.45. The molecule has 2 amide bonds. The van der Waals surface area contributed by atoms with Gasteiger partial charge in [0.1, 0.15) is 0 Å². The summed E-state index contributed by atoms with van der Waals surface area (Å²) in [6.45, 7) is 3.85. The third-order valence-electron chi connectivity index (χ3n) is 7.42. The number of piperidine rings is 2. The second kappa shape index (κ2) is 20.4. The zero-order valence-corrected chi connectivity index (χ0v) is 27.8. The number of aliphatic carboxylic acids is 2. The lowest BCUT2D eigenvalue weighted by Gasteiger charge is -2.24. The molecule has 0 radical (unpaired) electrons. The van der Waals surface area contributed by atoms with E-state index in [4.69, 9.17) is 9.47 Å². The highest BCUT2D eigenvalue weighted by atomic mass is 16.6. The summed E-state index contributed by atoms with van der Waals surface area (Å²) in [4.78, 5) is 73.0. The van der Waals surface area contributed by atoms with Crippen molar-refractivity contribution < 1.29 is 48.5 Å². The van der Waals surface area contributed by atoms with Gasteiger partial charge in [0.15, 0.2) is 0 Å². The molecule has 4 N–H and O–H groups in total. The SMILES string of the molecule is CN(C)C(=O)C1CCCNC1.CN(C)C(=O)[C@H]1CCCNC1.O=C(O[C@@H](C(=O)O)[C@@H](OC(=O)c1ccccc1)C(=O)O)c1ccccc1. The van der Waals surface area contributed by atoms with Crippen molar-refractivity contribution in [1.82, 2.24) is 20.4 Å². The fourth-order valence-electron chi connectivity index (χ4n) is 4.85. The van der Waals surface area contributed by atoms with Crippen molar-refractivity contribution in [3.05, 3.63) is 71.8 Å². The van der Waals surface area contributed by atoms with Gasteiger partial charge in [-0.05, 0) is 63.0 Å². The van der Waals surface area contributed by atoms with Crippen LogP contribution in [-0.4, -0.2) is 122 Å². The van der Waals surface area contributed by atoms with Gasteiger partial charge in [0.05, 0.1) is 23.0 Å². The number of hydrogen-bond acceptors (Lipinski definition) is 10. The first-order valence-corrected chi connectivity index (χ1v) is 15.6. The molecule has 4 rings (SSSR count). The molecule has 2 aliphatic heterocycles. The summed E-state index contributed by atoms with van der Waals surface area (Å²) in [6.07, 6.45) is -0.0802. The fourth-order valence-corrected chi connectivity index (χ4v) is 4.85.